The molecule has 0 fully saturated rings. The molecule has 0 aliphatic carbocycles. The van der Waals surface area contributed by atoms with Crippen molar-refractivity contribution in [3.63, 3.8) is 0 Å². The molecule has 0 radical (unpaired) electrons. The Morgan fingerprint density at radius 1 is 1.03 bits per heavy atom. The number of thiophene rings is 1. The van der Waals surface area contributed by atoms with E-state index in [9.17, 15) is 14.7 Å². The van der Waals surface area contributed by atoms with Crippen molar-refractivity contribution in [3.8, 4) is 11.5 Å². The van der Waals surface area contributed by atoms with Gasteiger partial charge in [-0.05, 0) is 36.4 Å². The van der Waals surface area contributed by atoms with Crippen molar-refractivity contribution in [2.24, 2.45) is 0 Å². The molecule has 1 aliphatic rings. The number of urea groups is 1. The summed E-state index contributed by atoms with van der Waals surface area (Å²) in [5.41, 5.74) is 0.801. The quantitative estimate of drug-likeness (QED) is 0.503. The highest BCUT2D eigenvalue weighted by Gasteiger charge is 2.33. The van der Waals surface area contributed by atoms with Gasteiger partial charge in [-0.2, -0.15) is 0 Å². The fourth-order valence-corrected chi connectivity index (χ4v) is 4.07. The van der Waals surface area contributed by atoms with Crippen molar-refractivity contribution in [3.05, 3.63) is 65.8 Å². The molecule has 0 saturated carbocycles. The number of rotatable bonds is 4. The van der Waals surface area contributed by atoms with Crippen LogP contribution in [0, 0.1) is 0 Å². The summed E-state index contributed by atoms with van der Waals surface area (Å²) in [6.45, 7) is 0. The number of aromatic carboxylic acids is 1. The van der Waals surface area contributed by atoms with E-state index in [1.165, 1.54) is 11.2 Å². The highest BCUT2D eigenvalue weighted by molar-refractivity contribution is 7.21. The maximum atomic E-state index is 12.8. The van der Waals surface area contributed by atoms with E-state index in [4.69, 9.17) is 4.74 Å². The molecule has 9 heteroatoms. The lowest BCUT2D eigenvalue weighted by atomic mass is 10.2. The fraction of sp³-hybridized carbons (Fsp3) is 0. The first-order valence-electron chi connectivity index (χ1n) is 8.56. The molecule has 2 aromatic carbocycles. The molecular weight excluding hydrogens is 392 g/mol. The first-order chi connectivity index (χ1) is 14.1. The first kappa shape index (κ1) is 17.1. The van der Waals surface area contributed by atoms with Crippen LogP contribution in [0.5, 0.6) is 11.5 Å². The molecule has 142 valence electrons. The molecule has 5 rings (SSSR count). The second-order valence-corrected chi connectivity index (χ2v) is 7.16. The Morgan fingerprint density at radius 3 is 2.48 bits per heavy atom. The number of carbonyl (C=O) groups excluding carboxylic acids is 1. The number of nitrogens with one attached hydrogen (secondary N) is 1. The molecule has 0 spiro atoms. The highest BCUT2D eigenvalue weighted by atomic mass is 32.1. The van der Waals surface area contributed by atoms with Crippen molar-refractivity contribution < 1.29 is 19.4 Å². The van der Waals surface area contributed by atoms with E-state index in [2.05, 4.69) is 15.3 Å². The summed E-state index contributed by atoms with van der Waals surface area (Å²) < 4.78 is 5.78. The molecule has 0 unspecified atom stereocenters. The molecule has 4 aromatic rings. The SMILES string of the molecule is O=C(O)c1sc2ncnc3c2c1NC(=O)N3c1ccc(Oc2ccccc2)cc1. The summed E-state index contributed by atoms with van der Waals surface area (Å²) in [6.07, 6.45) is 1.32. The molecule has 2 N–H and O–H groups in total. The van der Waals surface area contributed by atoms with Gasteiger partial charge in [0.1, 0.15) is 27.5 Å². The van der Waals surface area contributed by atoms with Crippen LogP contribution in [0.25, 0.3) is 10.2 Å². The molecule has 2 aromatic heterocycles. The maximum Gasteiger partial charge on any atom is 0.348 e. The number of benzene rings is 2. The standard InChI is InChI=1S/C20H12N4O4S/c25-19(26)16-15-14-17(21-10-22-18(14)29-16)24(20(27)23-15)11-6-8-13(9-7-11)28-12-4-2-1-3-5-12/h1-10H,(H,23,27)(H,25,26). The average molecular weight is 404 g/mol. The monoisotopic (exact) mass is 404 g/mol. The van der Waals surface area contributed by atoms with Crippen LogP contribution in [0.2, 0.25) is 0 Å². The Bertz CT molecular complexity index is 1250. The number of aromatic nitrogens is 2. The number of hydrogen-bond acceptors (Lipinski definition) is 6. The van der Waals surface area contributed by atoms with Gasteiger partial charge in [-0.3, -0.25) is 0 Å². The van der Waals surface area contributed by atoms with E-state index in [0.717, 1.165) is 11.3 Å². The van der Waals surface area contributed by atoms with Crippen LogP contribution in [0.3, 0.4) is 0 Å². The number of para-hydroxylation sites is 1. The third-order valence-electron chi connectivity index (χ3n) is 4.38. The average Bonchev–Trinajstić information content (AvgIpc) is 3.10. The Kier molecular flexibility index (Phi) is 3.88. The number of anilines is 3. The van der Waals surface area contributed by atoms with Gasteiger partial charge in [-0.25, -0.2) is 24.5 Å². The Hall–Kier alpha value is -3.98. The molecule has 2 amide bonds. The third-order valence-corrected chi connectivity index (χ3v) is 5.47. The zero-order valence-electron chi connectivity index (χ0n) is 14.7. The summed E-state index contributed by atoms with van der Waals surface area (Å²) in [5, 5.41) is 12.6. The summed E-state index contributed by atoms with van der Waals surface area (Å²) >= 11 is 1.00. The topological polar surface area (TPSA) is 105 Å². The predicted octanol–water partition coefficient (Wildman–Crippen LogP) is 4.87. The highest BCUT2D eigenvalue weighted by Crippen LogP contribution is 2.44. The van der Waals surface area contributed by atoms with Crippen LogP contribution >= 0.6 is 11.3 Å². The second kappa shape index (κ2) is 6.57. The van der Waals surface area contributed by atoms with Crippen LogP contribution in [-0.2, 0) is 0 Å². The lowest BCUT2D eigenvalue weighted by Gasteiger charge is -2.27. The van der Waals surface area contributed by atoms with Gasteiger partial charge in [-0.15, -0.1) is 11.3 Å². The largest absolute Gasteiger partial charge is 0.477 e. The van der Waals surface area contributed by atoms with E-state index >= 15 is 0 Å². The Morgan fingerprint density at radius 2 is 1.76 bits per heavy atom. The summed E-state index contributed by atoms with van der Waals surface area (Å²) in [6, 6.07) is 15.8. The minimum absolute atomic E-state index is 0.0290. The number of amides is 2. The molecule has 3 heterocycles. The number of ether oxygens (including phenoxy) is 1. The van der Waals surface area contributed by atoms with Gasteiger partial charge in [0, 0.05) is 0 Å². The van der Waals surface area contributed by atoms with Gasteiger partial charge in [0.2, 0.25) is 0 Å². The molecule has 0 saturated heterocycles. The van der Waals surface area contributed by atoms with Gasteiger partial charge >= 0.3 is 12.0 Å². The minimum atomic E-state index is -1.12. The van der Waals surface area contributed by atoms with E-state index in [0.29, 0.717) is 33.2 Å². The summed E-state index contributed by atoms with van der Waals surface area (Å²) in [7, 11) is 0. The van der Waals surface area contributed by atoms with Gasteiger partial charge in [0.25, 0.3) is 0 Å². The summed E-state index contributed by atoms with van der Waals surface area (Å²) in [5.74, 6) is 0.548. The van der Waals surface area contributed by atoms with Crippen molar-refractivity contribution in [1.82, 2.24) is 9.97 Å². The smallest absolute Gasteiger partial charge is 0.348 e. The van der Waals surface area contributed by atoms with Crippen LogP contribution in [-0.4, -0.2) is 27.1 Å². The fourth-order valence-electron chi connectivity index (χ4n) is 3.14. The van der Waals surface area contributed by atoms with E-state index in [1.54, 1.807) is 24.3 Å². The van der Waals surface area contributed by atoms with Gasteiger partial charge in [-0.1, -0.05) is 18.2 Å². The maximum absolute atomic E-state index is 12.8. The zero-order valence-corrected chi connectivity index (χ0v) is 15.5. The molecule has 0 bridgehead atoms. The molecule has 8 nitrogen and oxygen atoms in total. The van der Waals surface area contributed by atoms with Gasteiger partial charge < -0.3 is 15.2 Å². The number of carboxylic acid groups (broad SMARTS) is 1. The molecular formula is C20H12N4O4S. The second-order valence-electron chi connectivity index (χ2n) is 6.16. The van der Waals surface area contributed by atoms with Gasteiger partial charge in [0.15, 0.2) is 5.82 Å². The number of nitrogens with zero attached hydrogens (tertiary/aromatic N) is 3. The van der Waals surface area contributed by atoms with Crippen LogP contribution < -0.4 is 15.0 Å². The first-order valence-corrected chi connectivity index (χ1v) is 9.38. The van der Waals surface area contributed by atoms with Crippen molar-refractivity contribution >= 4 is 50.7 Å². The van der Waals surface area contributed by atoms with Crippen LogP contribution in [0.1, 0.15) is 9.67 Å². The van der Waals surface area contributed by atoms with Gasteiger partial charge in [0.05, 0.1) is 16.8 Å². The number of carboxylic acids is 1. The van der Waals surface area contributed by atoms with E-state index in [1.807, 2.05) is 30.3 Å². The third kappa shape index (κ3) is 2.84. The van der Waals surface area contributed by atoms with Crippen LogP contribution in [0.4, 0.5) is 22.0 Å². The number of hydrogen-bond donors (Lipinski definition) is 2. The lowest BCUT2D eigenvalue weighted by molar-refractivity contribution is 0.0703. The van der Waals surface area contributed by atoms with Crippen molar-refractivity contribution in [1.29, 1.82) is 0 Å². The molecule has 0 atom stereocenters. The molecule has 29 heavy (non-hydrogen) atoms. The predicted molar refractivity (Wildman–Crippen MR) is 108 cm³/mol. The molecule has 1 aliphatic heterocycles. The van der Waals surface area contributed by atoms with Crippen molar-refractivity contribution in [2.75, 3.05) is 10.2 Å². The summed E-state index contributed by atoms with van der Waals surface area (Å²) in [4.78, 5) is 34.6. The Labute approximate surface area is 168 Å². The lowest BCUT2D eigenvalue weighted by Crippen LogP contribution is -2.34. The zero-order chi connectivity index (χ0) is 20.0. The van der Waals surface area contributed by atoms with Crippen molar-refractivity contribution in [2.45, 2.75) is 0 Å². The Balaban J connectivity index is 1.54. The van der Waals surface area contributed by atoms with E-state index < -0.39 is 12.0 Å². The van der Waals surface area contributed by atoms with E-state index in [-0.39, 0.29) is 10.6 Å². The normalized spacial score (nSPS) is 12.7. The van der Waals surface area contributed by atoms with Crippen LogP contribution in [0.15, 0.2) is 60.9 Å². The number of carbonyl (C=O) groups is 2. The minimum Gasteiger partial charge on any atom is -0.477 e.